The van der Waals surface area contributed by atoms with Crippen molar-refractivity contribution in [3.8, 4) is 0 Å². The average molecular weight is 381 g/mol. The fourth-order valence-electron chi connectivity index (χ4n) is 3.28. The molecule has 2 amide bonds. The third kappa shape index (κ3) is 5.57. The van der Waals surface area contributed by atoms with E-state index < -0.39 is 0 Å². The Hall–Kier alpha value is -2.86. The van der Waals surface area contributed by atoms with E-state index in [1.165, 1.54) is 5.56 Å². The summed E-state index contributed by atoms with van der Waals surface area (Å²) in [6.45, 7) is 6.28. The summed E-state index contributed by atoms with van der Waals surface area (Å²) in [7, 11) is 0. The number of hydrogen-bond donors (Lipinski definition) is 1. The van der Waals surface area contributed by atoms with Crippen LogP contribution in [0.25, 0.3) is 0 Å². The van der Waals surface area contributed by atoms with Gasteiger partial charge in [0.2, 0.25) is 0 Å². The molecule has 0 radical (unpaired) electrons. The van der Waals surface area contributed by atoms with Crippen molar-refractivity contribution in [3.63, 3.8) is 0 Å². The first-order valence-corrected chi connectivity index (χ1v) is 9.75. The van der Waals surface area contributed by atoms with Crippen LogP contribution in [0.15, 0.2) is 54.6 Å². The molecular weight excluding hydrogens is 354 g/mol. The number of carbonyl (C=O) groups excluding carboxylic acids is 2. The fraction of sp³-hybridized carbons (Fsp3) is 0.364. The van der Waals surface area contributed by atoms with Crippen LogP contribution in [0.4, 0.5) is 10.5 Å². The SMILES string of the molecule is CCOC(=O)c1ccc(NC(=O)N2CCCN(Cc3ccccc3)CC2)cc1. The van der Waals surface area contributed by atoms with Crippen LogP contribution in [0.3, 0.4) is 0 Å². The Kier molecular flexibility index (Phi) is 7.03. The molecule has 28 heavy (non-hydrogen) atoms. The van der Waals surface area contributed by atoms with Gasteiger partial charge in [-0.1, -0.05) is 30.3 Å². The van der Waals surface area contributed by atoms with E-state index in [0.717, 1.165) is 32.6 Å². The number of benzene rings is 2. The quantitative estimate of drug-likeness (QED) is 0.804. The second-order valence-electron chi connectivity index (χ2n) is 6.83. The van der Waals surface area contributed by atoms with E-state index in [2.05, 4.69) is 34.5 Å². The van der Waals surface area contributed by atoms with Gasteiger partial charge in [-0.15, -0.1) is 0 Å². The zero-order chi connectivity index (χ0) is 19.8. The molecule has 0 aliphatic carbocycles. The lowest BCUT2D eigenvalue weighted by atomic mass is 10.2. The summed E-state index contributed by atoms with van der Waals surface area (Å²) in [6.07, 6.45) is 0.946. The van der Waals surface area contributed by atoms with Gasteiger partial charge >= 0.3 is 12.0 Å². The van der Waals surface area contributed by atoms with Crippen LogP contribution in [0.5, 0.6) is 0 Å². The Bertz CT molecular complexity index is 777. The summed E-state index contributed by atoms with van der Waals surface area (Å²) >= 11 is 0. The summed E-state index contributed by atoms with van der Waals surface area (Å²) in [5, 5.41) is 2.92. The van der Waals surface area contributed by atoms with Crippen molar-refractivity contribution in [2.24, 2.45) is 0 Å². The first-order valence-electron chi connectivity index (χ1n) is 9.75. The molecule has 6 nitrogen and oxygen atoms in total. The predicted octanol–water partition coefficient (Wildman–Crippen LogP) is 3.60. The number of ether oxygens (including phenoxy) is 1. The summed E-state index contributed by atoms with van der Waals surface area (Å²) in [5.74, 6) is -0.355. The molecule has 2 aromatic rings. The molecule has 1 aliphatic heterocycles. The molecule has 6 heteroatoms. The van der Waals surface area contributed by atoms with Crippen molar-refractivity contribution < 1.29 is 14.3 Å². The van der Waals surface area contributed by atoms with Crippen LogP contribution < -0.4 is 5.32 Å². The van der Waals surface area contributed by atoms with Gasteiger partial charge in [-0.25, -0.2) is 9.59 Å². The summed E-state index contributed by atoms with van der Waals surface area (Å²) < 4.78 is 4.97. The molecule has 0 bridgehead atoms. The molecule has 2 aromatic carbocycles. The number of anilines is 1. The van der Waals surface area contributed by atoms with Gasteiger partial charge in [0.05, 0.1) is 12.2 Å². The number of hydrogen-bond acceptors (Lipinski definition) is 4. The van der Waals surface area contributed by atoms with Crippen LogP contribution in [-0.4, -0.2) is 54.6 Å². The molecule has 148 valence electrons. The highest BCUT2D eigenvalue weighted by atomic mass is 16.5. The second-order valence-corrected chi connectivity index (χ2v) is 6.83. The third-order valence-electron chi connectivity index (χ3n) is 4.77. The van der Waals surface area contributed by atoms with Crippen molar-refractivity contribution in [2.45, 2.75) is 19.9 Å². The van der Waals surface area contributed by atoms with Crippen LogP contribution in [0, 0.1) is 0 Å². The number of nitrogens with zero attached hydrogens (tertiary/aromatic N) is 2. The van der Waals surface area contributed by atoms with Gasteiger partial charge < -0.3 is 15.0 Å². The van der Waals surface area contributed by atoms with Gasteiger partial charge in [0.15, 0.2) is 0 Å². The van der Waals surface area contributed by atoms with Crippen LogP contribution >= 0.6 is 0 Å². The normalized spacial score (nSPS) is 15.0. The van der Waals surface area contributed by atoms with E-state index in [4.69, 9.17) is 4.74 Å². The predicted molar refractivity (Wildman–Crippen MR) is 109 cm³/mol. The van der Waals surface area contributed by atoms with E-state index in [0.29, 0.717) is 24.4 Å². The van der Waals surface area contributed by atoms with Crippen molar-refractivity contribution >= 4 is 17.7 Å². The standard InChI is InChI=1S/C22H27N3O3/c1-2-28-21(26)19-9-11-20(12-10-19)23-22(27)25-14-6-13-24(15-16-25)17-18-7-4-3-5-8-18/h3-5,7-12H,2,6,13-17H2,1H3,(H,23,27). The Labute approximate surface area is 166 Å². The lowest BCUT2D eigenvalue weighted by Crippen LogP contribution is -2.38. The molecule has 1 fully saturated rings. The monoisotopic (exact) mass is 381 g/mol. The largest absolute Gasteiger partial charge is 0.462 e. The van der Waals surface area contributed by atoms with Crippen LogP contribution in [0.1, 0.15) is 29.3 Å². The number of nitrogens with one attached hydrogen (secondary N) is 1. The van der Waals surface area contributed by atoms with E-state index in [9.17, 15) is 9.59 Å². The number of amides is 2. The van der Waals surface area contributed by atoms with Crippen molar-refractivity contribution in [2.75, 3.05) is 38.1 Å². The second kappa shape index (κ2) is 9.90. The lowest BCUT2D eigenvalue weighted by molar-refractivity contribution is 0.0526. The van der Waals surface area contributed by atoms with E-state index in [-0.39, 0.29) is 12.0 Å². The van der Waals surface area contributed by atoms with Crippen molar-refractivity contribution in [3.05, 3.63) is 65.7 Å². The van der Waals surface area contributed by atoms with E-state index in [1.54, 1.807) is 31.2 Å². The van der Waals surface area contributed by atoms with Gasteiger partial charge in [0.1, 0.15) is 0 Å². The molecule has 3 rings (SSSR count). The molecule has 1 saturated heterocycles. The molecule has 1 aliphatic rings. The van der Waals surface area contributed by atoms with Gasteiger partial charge in [0, 0.05) is 38.4 Å². The molecule has 1 N–H and O–H groups in total. The smallest absolute Gasteiger partial charge is 0.338 e. The molecule has 0 saturated carbocycles. The highest BCUT2D eigenvalue weighted by Crippen LogP contribution is 2.13. The van der Waals surface area contributed by atoms with E-state index in [1.807, 2.05) is 11.0 Å². The first kappa shape index (κ1) is 19.9. The number of esters is 1. The lowest BCUT2D eigenvalue weighted by Gasteiger charge is -2.22. The minimum Gasteiger partial charge on any atom is -0.462 e. The highest BCUT2D eigenvalue weighted by molar-refractivity contribution is 5.92. The topological polar surface area (TPSA) is 61.9 Å². The maximum atomic E-state index is 12.6. The maximum absolute atomic E-state index is 12.6. The zero-order valence-electron chi connectivity index (χ0n) is 16.3. The van der Waals surface area contributed by atoms with Gasteiger partial charge in [0.25, 0.3) is 0 Å². The summed E-state index contributed by atoms with van der Waals surface area (Å²) in [4.78, 5) is 28.6. The Morgan fingerprint density at radius 2 is 1.71 bits per heavy atom. The average Bonchev–Trinajstić information content (AvgIpc) is 2.95. The number of urea groups is 1. The third-order valence-corrected chi connectivity index (χ3v) is 4.77. The minimum atomic E-state index is -0.355. The summed E-state index contributed by atoms with van der Waals surface area (Å²) in [5.41, 5.74) is 2.44. The molecular formula is C22H27N3O3. The Morgan fingerprint density at radius 1 is 0.964 bits per heavy atom. The van der Waals surface area contributed by atoms with Gasteiger partial charge in [-0.3, -0.25) is 4.90 Å². The van der Waals surface area contributed by atoms with Crippen molar-refractivity contribution in [1.29, 1.82) is 0 Å². The maximum Gasteiger partial charge on any atom is 0.338 e. The Morgan fingerprint density at radius 3 is 2.43 bits per heavy atom. The zero-order valence-corrected chi connectivity index (χ0v) is 16.3. The molecule has 0 spiro atoms. The molecule has 0 aromatic heterocycles. The van der Waals surface area contributed by atoms with E-state index >= 15 is 0 Å². The first-order chi connectivity index (χ1) is 13.7. The number of rotatable bonds is 5. The van der Waals surface area contributed by atoms with Crippen molar-refractivity contribution in [1.82, 2.24) is 9.80 Å². The van der Waals surface area contributed by atoms with Gasteiger partial charge in [-0.05, 0) is 43.2 Å². The van der Waals surface area contributed by atoms with Crippen LogP contribution in [-0.2, 0) is 11.3 Å². The number of carbonyl (C=O) groups is 2. The molecule has 1 heterocycles. The van der Waals surface area contributed by atoms with Gasteiger partial charge in [-0.2, -0.15) is 0 Å². The highest BCUT2D eigenvalue weighted by Gasteiger charge is 2.19. The van der Waals surface area contributed by atoms with Crippen LogP contribution in [0.2, 0.25) is 0 Å². The Balaban J connectivity index is 1.51. The molecule has 0 unspecified atom stereocenters. The fourth-order valence-corrected chi connectivity index (χ4v) is 3.28. The summed E-state index contributed by atoms with van der Waals surface area (Å²) in [6, 6.07) is 17.1. The minimum absolute atomic E-state index is 0.106. The molecule has 0 atom stereocenters.